The quantitative estimate of drug-likeness (QED) is 0.733. The Morgan fingerprint density at radius 2 is 2.06 bits per heavy atom. The number of aldehydes is 1. The number of aromatic nitrogens is 2. The molecule has 1 heterocycles. The van der Waals surface area contributed by atoms with E-state index in [2.05, 4.69) is 9.97 Å². The highest BCUT2D eigenvalue weighted by Crippen LogP contribution is 2.26. The number of aryl methyl sites for hydroxylation is 1. The lowest BCUT2D eigenvalue weighted by Gasteiger charge is -2.21. The van der Waals surface area contributed by atoms with Crippen molar-refractivity contribution in [2.75, 3.05) is 0 Å². The van der Waals surface area contributed by atoms with Crippen molar-refractivity contribution in [1.29, 1.82) is 0 Å². The highest BCUT2D eigenvalue weighted by molar-refractivity contribution is 5.71. The van der Waals surface area contributed by atoms with Crippen molar-refractivity contribution in [3.8, 4) is 0 Å². The minimum atomic E-state index is 0.512. The first-order chi connectivity index (χ1) is 7.78. The molecular weight excluding hydrogens is 200 g/mol. The average molecular weight is 218 g/mol. The summed E-state index contributed by atoms with van der Waals surface area (Å²) in [6.45, 7) is 1.84. The number of hydrogen-bond acceptors (Lipinski definition) is 3. The molecule has 0 aliphatic heterocycles. The highest BCUT2D eigenvalue weighted by Gasteiger charge is 2.15. The molecular formula is C13H18N2O. The van der Waals surface area contributed by atoms with E-state index in [1.165, 1.54) is 32.1 Å². The van der Waals surface area contributed by atoms with Crippen molar-refractivity contribution in [1.82, 2.24) is 9.97 Å². The molecule has 86 valence electrons. The van der Waals surface area contributed by atoms with Gasteiger partial charge in [0.25, 0.3) is 0 Å². The molecule has 0 bridgehead atoms. The predicted molar refractivity (Wildman–Crippen MR) is 62.4 cm³/mol. The molecule has 2 rings (SSSR count). The van der Waals surface area contributed by atoms with Gasteiger partial charge in [-0.25, -0.2) is 9.97 Å². The number of rotatable bonds is 3. The molecule has 1 saturated carbocycles. The zero-order chi connectivity index (χ0) is 11.4. The molecule has 16 heavy (non-hydrogen) atoms. The average Bonchev–Trinajstić information content (AvgIpc) is 2.29. The minimum Gasteiger partial charge on any atom is -0.296 e. The van der Waals surface area contributed by atoms with E-state index in [-0.39, 0.29) is 0 Å². The van der Waals surface area contributed by atoms with E-state index in [9.17, 15) is 4.79 Å². The normalized spacial score (nSPS) is 17.3. The van der Waals surface area contributed by atoms with Crippen molar-refractivity contribution in [2.45, 2.75) is 45.4 Å². The van der Waals surface area contributed by atoms with Crippen LogP contribution in [-0.2, 0) is 6.42 Å². The van der Waals surface area contributed by atoms with Crippen molar-refractivity contribution in [2.24, 2.45) is 5.92 Å². The third-order valence-corrected chi connectivity index (χ3v) is 3.25. The Kier molecular flexibility index (Phi) is 3.65. The van der Waals surface area contributed by atoms with Crippen LogP contribution in [0.5, 0.6) is 0 Å². The van der Waals surface area contributed by atoms with Gasteiger partial charge in [-0.15, -0.1) is 0 Å². The molecule has 1 aliphatic carbocycles. The summed E-state index contributed by atoms with van der Waals surface area (Å²) in [5.41, 5.74) is 1.54. The van der Waals surface area contributed by atoms with Gasteiger partial charge in [-0.05, 0) is 25.3 Å². The van der Waals surface area contributed by atoms with Crippen LogP contribution in [0.25, 0.3) is 0 Å². The smallest absolute Gasteiger partial charge is 0.168 e. The third kappa shape index (κ3) is 2.87. The van der Waals surface area contributed by atoms with Crippen molar-refractivity contribution in [3.63, 3.8) is 0 Å². The zero-order valence-electron chi connectivity index (χ0n) is 9.78. The third-order valence-electron chi connectivity index (χ3n) is 3.25. The maximum absolute atomic E-state index is 10.7. The molecule has 0 radical (unpaired) electrons. The maximum atomic E-state index is 10.7. The van der Waals surface area contributed by atoms with Crippen LogP contribution in [-0.4, -0.2) is 16.3 Å². The standard InChI is InChI=1S/C13H18N2O/c1-10-14-12(8-13(9-16)15-10)7-11-5-3-2-4-6-11/h8-9,11H,2-7H2,1H3. The van der Waals surface area contributed by atoms with Crippen LogP contribution in [0.1, 0.15) is 54.1 Å². The summed E-state index contributed by atoms with van der Waals surface area (Å²) in [6, 6.07) is 1.83. The lowest BCUT2D eigenvalue weighted by molar-refractivity contribution is 0.111. The van der Waals surface area contributed by atoms with E-state index in [1.807, 2.05) is 13.0 Å². The fraction of sp³-hybridized carbons (Fsp3) is 0.615. The summed E-state index contributed by atoms with van der Waals surface area (Å²) in [4.78, 5) is 19.2. The molecule has 0 N–H and O–H groups in total. The first-order valence-electron chi connectivity index (χ1n) is 6.07. The summed E-state index contributed by atoms with van der Waals surface area (Å²) in [5.74, 6) is 1.46. The number of nitrogens with zero attached hydrogens (tertiary/aromatic N) is 2. The van der Waals surface area contributed by atoms with Crippen LogP contribution in [0.3, 0.4) is 0 Å². The van der Waals surface area contributed by atoms with Crippen LogP contribution in [0.15, 0.2) is 6.07 Å². The van der Waals surface area contributed by atoms with Crippen LogP contribution in [0.2, 0.25) is 0 Å². The summed E-state index contributed by atoms with van der Waals surface area (Å²) in [6.07, 6.45) is 8.48. The van der Waals surface area contributed by atoms with E-state index in [4.69, 9.17) is 0 Å². The van der Waals surface area contributed by atoms with E-state index >= 15 is 0 Å². The first kappa shape index (κ1) is 11.2. The molecule has 3 heteroatoms. The monoisotopic (exact) mass is 218 g/mol. The Hall–Kier alpha value is -1.25. The zero-order valence-corrected chi connectivity index (χ0v) is 9.78. The fourth-order valence-corrected chi connectivity index (χ4v) is 2.51. The lowest BCUT2D eigenvalue weighted by atomic mass is 9.86. The molecule has 1 fully saturated rings. The van der Waals surface area contributed by atoms with E-state index in [0.29, 0.717) is 11.5 Å². The minimum absolute atomic E-state index is 0.512. The van der Waals surface area contributed by atoms with Crippen molar-refractivity contribution < 1.29 is 4.79 Å². The number of carbonyl (C=O) groups is 1. The van der Waals surface area contributed by atoms with Crippen LogP contribution in [0.4, 0.5) is 0 Å². The highest BCUT2D eigenvalue weighted by atomic mass is 16.1. The fourth-order valence-electron chi connectivity index (χ4n) is 2.51. The van der Waals surface area contributed by atoms with Gasteiger partial charge < -0.3 is 0 Å². The summed E-state index contributed by atoms with van der Waals surface area (Å²) < 4.78 is 0. The predicted octanol–water partition coefficient (Wildman–Crippen LogP) is 2.72. The molecule has 0 aromatic carbocycles. The van der Waals surface area contributed by atoms with Gasteiger partial charge in [-0.3, -0.25) is 4.79 Å². The molecule has 0 spiro atoms. The number of carbonyl (C=O) groups excluding carboxylic acids is 1. The molecule has 0 saturated heterocycles. The first-order valence-corrected chi connectivity index (χ1v) is 6.07. The van der Waals surface area contributed by atoms with Crippen LogP contribution >= 0.6 is 0 Å². The molecule has 0 atom stereocenters. The lowest BCUT2D eigenvalue weighted by Crippen LogP contribution is -2.11. The topological polar surface area (TPSA) is 42.9 Å². The molecule has 1 aromatic heterocycles. The Bertz CT molecular complexity index is 370. The van der Waals surface area contributed by atoms with Crippen LogP contribution in [0, 0.1) is 12.8 Å². The molecule has 0 unspecified atom stereocenters. The van der Waals surface area contributed by atoms with E-state index in [1.54, 1.807) is 0 Å². The van der Waals surface area contributed by atoms with Gasteiger partial charge in [0.2, 0.25) is 0 Å². The van der Waals surface area contributed by atoms with Crippen molar-refractivity contribution in [3.05, 3.63) is 23.3 Å². The summed E-state index contributed by atoms with van der Waals surface area (Å²) in [7, 11) is 0. The molecule has 1 aromatic rings. The van der Waals surface area contributed by atoms with Gasteiger partial charge in [0.1, 0.15) is 11.5 Å². The van der Waals surface area contributed by atoms with Gasteiger partial charge in [0.15, 0.2) is 6.29 Å². The van der Waals surface area contributed by atoms with Crippen LogP contribution < -0.4 is 0 Å². The second-order valence-corrected chi connectivity index (χ2v) is 4.66. The van der Waals surface area contributed by atoms with E-state index in [0.717, 1.165) is 24.3 Å². The van der Waals surface area contributed by atoms with Crippen molar-refractivity contribution >= 4 is 6.29 Å². The molecule has 3 nitrogen and oxygen atoms in total. The SMILES string of the molecule is Cc1nc(C=O)cc(CC2CCCCC2)n1. The van der Waals surface area contributed by atoms with Gasteiger partial charge in [0, 0.05) is 5.69 Å². The maximum Gasteiger partial charge on any atom is 0.168 e. The van der Waals surface area contributed by atoms with Gasteiger partial charge in [-0.1, -0.05) is 32.1 Å². The Morgan fingerprint density at radius 1 is 1.31 bits per heavy atom. The second-order valence-electron chi connectivity index (χ2n) is 4.66. The molecule has 0 amide bonds. The number of hydrogen-bond donors (Lipinski definition) is 0. The van der Waals surface area contributed by atoms with Gasteiger partial charge in [-0.2, -0.15) is 0 Å². The Morgan fingerprint density at radius 3 is 2.75 bits per heavy atom. The van der Waals surface area contributed by atoms with E-state index < -0.39 is 0 Å². The Balaban J connectivity index is 2.07. The van der Waals surface area contributed by atoms with Gasteiger partial charge >= 0.3 is 0 Å². The molecule has 1 aliphatic rings. The second kappa shape index (κ2) is 5.19. The van der Waals surface area contributed by atoms with Gasteiger partial charge in [0.05, 0.1) is 0 Å². The summed E-state index contributed by atoms with van der Waals surface area (Å²) in [5, 5.41) is 0. The Labute approximate surface area is 96.3 Å². The largest absolute Gasteiger partial charge is 0.296 e. The summed E-state index contributed by atoms with van der Waals surface area (Å²) >= 11 is 0.